The summed E-state index contributed by atoms with van der Waals surface area (Å²) in [5.41, 5.74) is 4.37. The standard InChI is InChI=1S/C17H18N2O/c1-13(19-20-12-14-2-3-14)15-4-6-16(7-5-15)17-8-10-18-11-9-17/h4-11,14H,2-3,12H2,1H3/b19-13+. The van der Waals surface area contributed by atoms with Gasteiger partial charge in [-0.2, -0.15) is 0 Å². The van der Waals surface area contributed by atoms with E-state index in [-0.39, 0.29) is 0 Å². The molecule has 3 heteroatoms. The molecule has 0 atom stereocenters. The lowest BCUT2D eigenvalue weighted by Gasteiger charge is -2.04. The van der Waals surface area contributed by atoms with Crippen LogP contribution in [0.1, 0.15) is 25.3 Å². The zero-order chi connectivity index (χ0) is 13.8. The summed E-state index contributed by atoms with van der Waals surface area (Å²) in [6, 6.07) is 12.4. The van der Waals surface area contributed by atoms with E-state index in [9.17, 15) is 0 Å². The normalized spacial score (nSPS) is 15.2. The van der Waals surface area contributed by atoms with Gasteiger partial charge in [-0.05, 0) is 54.5 Å². The topological polar surface area (TPSA) is 34.5 Å². The number of nitrogens with zero attached hydrogens (tertiary/aromatic N) is 2. The summed E-state index contributed by atoms with van der Waals surface area (Å²) in [6.45, 7) is 2.74. The summed E-state index contributed by atoms with van der Waals surface area (Å²) >= 11 is 0. The molecular formula is C17H18N2O. The van der Waals surface area contributed by atoms with Crippen molar-refractivity contribution < 1.29 is 4.84 Å². The van der Waals surface area contributed by atoms with Crippen molar-refractivity contribution in [2.75, 3.05) is 6.61 Å². The van der Waals surface area contributed by atoms with E-state index in [0.29, 0.717) is 0 Å². The summed E-state index contributed by atoms with van der Waals surface area (Å²) < 4.78 is 0. The molecule has 1 fully saturated rings. The Bertz CT molecular complexity index is 586. The maximum absolute atomic E-state index is 5.37. The van der Waals surface area contributed by atoms with Crippen LogP contribution in [-0.4, -0.2) is 17.3 Å². The third-order valence-electron chi connectivity index (χ3n) is 3.52. The van der Waals surface area contributed by atoms with E-state index in [1.54, 1.807) is 0 Å². The van der Waals surface area contributed by atoms with Crippen molar-refractivity contribution in [3.8, 4) is 11.1 Å². The smallest absolute Gasteiger partial charge is 0.120 e. The van der Waals surface area contributed by atoms with Crippen LogP contribution in [0, 0.1) is 5.92 Å². The quantitative estimate of drug-likeness (QED) is 0.607. The van der Waals surface area contributed by atoms with Gasteiger partial charge in [-0.25, -0.2) is 0 Å². The summed E-state index contributed by atoms with van der Waals surface area (Å²) in [6.07, 6.45) is 6.19. The van der Waals surface area contributed by atoms with Gasteiger partial charge >= 0.3 is 0 Å². The molecule has 0 unspecified atom stereocenters. The Hall–Kier alpha value is -2.16. The largest absolute Gasteiger partial charge is 0.395 e. The number of benzene rings is 1. The molecule has 1 aromatic heterocycles. The highest BCUT2D eigenvalue weighted by Gasteiger charge is 2.21. The van der Waals surface area contributed by atoms with Gasteiger partial charge in [0.2, 0.25) is 0 Å². The van der Waals surface area contributed by atoms with E-state index in [1.807, 2.05) is 31.5 Å². The van der Waals surface area contributed by atoms with Gasteiger partial charge < -0.3 is 4.84 Å². The third kappa shape index (κ3) is 3.23. The molecule has 1 aliphatic carbocycles. The maximum atomic E-state index is 5.37. The van der Waals surface area contributed by atoms with Crippen LogP contribution in [0.2, 0.25) is 0 Å². The average molecular weight is 266 g/mol. The van der Waals surface area contributed by atoms with Crippen molar-refractivity contribution in [3.05, 3.63) is 54.4 Å². The van der Waals surface area contributed by atoms with Gasteiger partial charge in [0.1, 0.15) is 6.61 Å². The van der Waals surface area contributed by atoms with Crippen molar-refractivity contribution in [3.63, 3.8) is 0 Å². The molecule has 1 saturated carbocycles. The van der Waals surface area contributed by atoms with Crippen LogP contribution in [0.25, 0.3) is 11.1 Å². The Morgan fingerprint density at radius 2 is 1.75 bits per heavy atom. The summed E-state index contributed by atoms with van der Waals surface area (Å²) in [4.78, 5) is 9.40. The van der Waals surface area contributed by atoms with Crippen LogP contribution in [0.5, 0.6) is 0 Å². The monoisotopic (exact) mass is 266 g/mol. The van der Waals surface area contributed by atoms with Gasteiger partial charge in [0.25, 0.3) is 0 Å². The molecule has 2 aromatic rings. The zero-order valence-electron chi connectivity index (χ0n) is 11.6. The van der Waals surface area contributed by atoms with Crippen molar-refractivity contribution in [1.82, 2.24) is 4.98 Å². The number of hydrogen-bond acceptors (Lipinski definition) is 3. The van der Waals surface area contributed by atoms with Crippen LogP contribution >= 0.6 is 0 Å². The predicted octanol–water partition coefficient (Wildman–Crippen LogP) is 3.90. The molecule has 1 heterocycles. The van der Waals surface area contributed by atoms with Gasteiger partial charge in [0, 0.05) is 12.4 Å². The van der Waals surface area contributed by atoms with E-state index in [2.05, 4.69) is 34.4 Å². The lowest BCUT2D eigenvalue weighted by Crippen LogP contribution is -1.98. The molecule has 0 bridgehead atoms. The Morgan fingerprint density at radius 1 is 1.10 bits per heavy atom. The maximum Gasteiger partial charge on any atom is 0.120 e. The van der Waals surface area contributed by atoms with Crippen molar-refractivity contribution in [1.29, 1.82) is 0 Å². The Labute approximate surface area is 119 Å². The lowest BCUT2D eigenvalue weighted by molar-refractivity contribution is 0.134. The highest BCUT2D eigenvalue weighted by atomic mass is 16.6. The Morgan fingerprint density at radius 3 is 2.40 bits per heavy atom. The lowest BCUT2D eigenvalue weighted by atomic mass is 10.0. The number of pyridine rings is 1. The van der Waals surface area contributed by atoms with Crippen molar-refractivity contribution in [2.45, 2.75) is 19.8 Å². The van der Waals surface area contributed by atoms with Crippen LogP contribution in [-0.2, 0) is 4.84 Å². The minimum absolute atomic E-state index is 0.737. The molecule has 20 heavy (non-hydrogen) atoms. The first-order valence-corrected chi connectivity index (χ1v) is 7.00. The van der Waals surface area contributed by atoms with Gasteiger partial charge in [-0.1, -0.05) is 29.4 Å². The number of aromatic nitrogens is 1. The minimum Gasteiger partial charge on any atom is -0.395 e. The molecule has 0 radical (unpaired) electrons. The molecule has 0 aliphatic heterocycles. The van der Waals surface area contributed by atoms with Crippen LogP contribution < -0.4 is 0 Å². The summed E-state index contributed by atoms with van der Waals surface area (Å²) in [5, 5.41) is 4.18. The fourth-order valence-corrected chi connectivity index (χ4v) is 2.02. The van der Waals surface area contributed by atoms with Crippen molar-refractivity contribution in [2.24, 2.45) is 11.1 Å². The molecule has 0 N–H and O–H groups in total. The number of oxime groups is 1. The first-order valence-electron chi connectivity index (χ1n) is 7.00. The highest BCUT2D eigenvalue weighted by Crippen LogP contribution is 2.28. The second kappa shape index (κ2) is 5.87. The second-order valence-electron chi connectivity index (χ2n) is 5.23. The van der Waals surface area contributed by atoms with E-state index in [0.717, 1.165) is 23.8 Å². The van der Waals surface area contributed by atoms with Crippen LogP contribution in [0.4, 0.5) is 0 Å². The molecule has 102 valence electrons. The first-order chi connectivity index (χ1) is 9.83. The third-order valence-corrected chi connectivity index (χ3v) is 3.52. The van der Waals surface area contributed by atoms with Gasteiger partial charge in [0.15, 0.2) is 0 Å². The van der Waals surface area contributed by atoms with Crippen LogP contribution in [0.15, 0.2) is 53.9 Å². The highest BCUT2D eigenvalue weighted by molar-refractivity contribution is 5.98. The Kier molecular flexibility index (Phi) is 3.77. The SMILES string of the molecule is C/C(=N\OCC1CC1)c1ccc(-c2ccncc2)cc1. The van der Waals surface area contributed by atoms with Crippen molar-refractivity contribution >= 4 is 5.71 Å². The Balaban J connectivity index is 1.68. The fourth-order valence-electron chi connectivity index (χ4n) is 2.02. The number of rotatable bonds is 5. The minimum atomic E-state index is 0.737. The van der Waals surface area contributed by atoms with Gasteiger partial charge in [-0.3, -0.25) is 4.98 Å². The summed E-state index contributed by atoms with van der Waals surface area (Å²) in [7, 11) is 0. The van der Waals surface area contributed by atoms with E-state index < -0.39 is 0 Å². The van der Waals surface area contributed by atoms with E-state index in [1.165, 1.54) is 24.0 Å². The van der Waals surface area contributed by atoms with Gasteiger partial charge in [-0.15, -0.1) is 0 Å². The van der Waals surface area contributed by atoms with Gasteiger partial charge in [0.05, 0.1) is 5.71 Å². The molecular weight excluding hydrogens is 248 g/mol. The van der Waals surface area contributed by atoms with Crippen LogP contribution in [0.3, 0.4) is 0 Å². The number of hydrogen-bond donors (Lipinski definition) is 0. The average Bonchev–Trinajstić information content (AvgIpc) is 3.32. The molecule has 0 saturated heterocycles. The molecule has 0 spiro atoms. The molecule has 1 aromatic carbocycles. The fraction of sp³-hybridized carbons (Fsp3) is 0.294. The zero-order valence-corrected chi connectivity index (χ0v) is 11.6. The van der Waals surface area contributed by atoms with E-state index in [4.69, 9.17) is 4.84 Å². The first kappa shape index (κ1) is 12.9. The molecule has 0 amide bonds. The second-order valence-corrected chi connectivity index (χ2v) is 5.23. The van der Waals surface area contributed by atoms with E-state index >= 15 is 0 Å². The summed E-state index contributed by atoms with van der Waals surface area (Å²) in [5.74, 6) is 0.737. The predicted molar refractivity (Wildman–Crippen MR) is 80.6 cm³/mol. The molecule has 3 rings (SSSR count). The molecule has 1 aliphatic rings. The molecule has 3 nitrogen and oxygen atoms in total.